The van der Waals surface area contributed by atoms with Gasteiger partial charge in [-0.2, -0.15) is 0 Å². The molecule has 1 aromatic heterocycles. The number of rotatable bonds is 6. The number of benzene rings is 1. The van der Waals surface area contributed by atoms with E-state index in [0.29, 0.717) is 11.3 Å². The molecule has 0 radical (unpaired) electrons. The predicted octanol–water partition coefficient (Wildman–Crippen LogP) is 3.00. The highest BCUT2D eigenvalue weighted by atomic mass is 32.2. The molecule has 0 aliphatic carbocycles. The molecule has 1 atom stereocenters. The lowest BCUT2D eigenvalue weighted by Gasteiger charge is -2.24. The third-order valence-electron chi connectivity index (χ3n) is 5.21. The maximum absolute atomic E-state index is 12.5. The summed E-state index contributed by atoms with van der Waals surface area (Å²) in [4.78, 5) is 30.1. The number of hydrogen-bond donors (Lipinski definition) is 2. The number of pyridine rings is 1. The van der Waals surface area contributed by atoms with Gasteiger partial charge < -0.3 is 10.4 Å². The number of amides is 2. The van der Waals surface area contributed by atoms with Gasteiger partial charge in [-0.25, -0.2) is 13.2 Å². The fraction of sp³-hybridized carbons (Fsp3) is 0.381. The number of carbonyl (C=O) groups excluding carboxylic acids is 1. The van der Waals surface area contributed by atoms with Crippen LogP contribution < -0.4 is 5.32 Å². The van der Waals surface area contributed by atoms with Crippen molar-refractivity contribution in [2.45, 2.75) is 44.8 Å². The van der Waals surface area contributed by atoms with Crippen molar-refractivity contribution in [3.8, 4) is 0 Å². The van der Waals surface area contributed by atoms with E-state index in [-0.39, 0.29) is 41.6 Å². The lowest BCUT2D eigenvalue weighted by Crippen LogP contribution is -2.30. The number of carbonyl (C=O) groups is 2. The monoisotopic (exact) mass is 431 g/mol. The highest BCUT2D eigenvalue weighted by Crippen LogP contribution is 2.37. The number of nitrogens with zero attached hydrogens (tertiary/aromatic N) is 2. The number of hydrogen-bond acceptors (Lipinski definition) is 5. The molecule has 3 rings (SSSR count). The number of aromatic nitrogens is 1. The van der Waals surface area contributed by atoms with Gasteiger partial charge in [-0.1, -0.05) is 32.9 Å². The van der Waals surface area contributed by atoms with E-state index in [0.717, 1.165) is 11.1 Å². The lowest BCUT2D eigenvalue weighted by molar-refractivity contribution is 0.0950. The van der Waals surface area contributed by atoms with Crippen molar-refractivity contribution < 1.29 is 23.1 Å². The Morgan fingerprint density at radius 1 is 1.27 bits per heavy atom. The highest BCUT2D eigenvalue weighted by molar-refractivity contribution is 7.91. The molecule has 1 aliphatic heterocycles. The van der Waals surface area contributed by atoms with Gasteiger partial charge in [-0.05, 0) is 35.2 Å². The largest absolute Gasteiger partial charge is 0.465 e. The maximum atomic E-state index is 12.5. The van der Waals surface area contributed by atoms with Gasteiger partial charge in [-0.3, -0.25) is 14.7 Å². The molecule has 2 N–H and O–H groups in total. The van der Waals surface area contributed by atoms with Crippen LogP contribution in [0, 0.1) is 5.92 Å². The van der Waals surface area contributed by atoms with E-state index in [4.69, 9.17) is 0 Å². The summed E-state index contributed by atoms with van der Waals surface area (Å²) in [6.45, 7) is 5.91. The molecule has 2 aromatic rings. The van der Waals surface area contributed by atoms with Gasteiger partial charge in [0.2, 0.25) is 0 Å². The molecule has 0 saturated heterocycles. The molecular formula is C21H25N3O5S. The van der Waals surface area contributed by atoms with Crippen LogP contribution in [0.4, 0.5) is 4.79 Å². The first-order chi connectivity index (χ1) is 14.1. The fourth-order valence-corrected chi connectivity index (χ4v) is 4.48. The third-order valence-corrected chi connectivity index (χ3v) is 6.96. The Morgan fingerprint density at radius 2 is 1.93 bits per heavy atom. The zero-order valence-corrected chi connectivity index (χ0v) is 17.9. The topological polar surface area (TPSA) is 117 Å². The van der Waals surface area contributed by atoms with Gasteiger partial charge >= 0.3 is 6.09 Å². The molecule has 160 valence electrons. The quantitative estimate of drug-likeness (QED) is 0.726. The minimum Gasteiger partial charge on any atom is -0.465 e. The van der Waals surface area contributed by atoms with Crippen LogP contribution in [0.15, 0.2) is 41.4 Å². The molecule has 2 heterocycles. The van der Waals surface area contributed by atoms with Crippen molar-refractivity contribution in [1.82, 2.24) is 15.2 Å². The second-order valence-corrected chi connectivity index (χ2v) is 9.88. The van der Waals surface area contributed by atoms with Crippen molar-refractivity contribution in [1.29, 1.82) is 0 Å². The number of sulfone groups is 1. The molecule has 30 heavy (non-hydrogen) atoms. The van der Waals surface area contributed by atoms with Gasteiger partial charge in [0.15, 0.2) is 9.84 Å². The SMILES string of the molecule is CCS(=O)(=O)c1ccc(CNC(=O)c2cnc3c(c2)CN(C(=O)O)C3C(C)C)cc1. The van der Waals surface area contributed by atoms with E-state index < -0.39 is 15.9 Å². The van der Waals surface area contributed by atoms with Crippen LogP contribution in [0.2, 0.25) is 0 Å². The Hall–Kier alpha value is -2.94. The number of nitrogens with one attached hydrogen (secondary N) is 1. The Bertz CT molecular complexity index is 1060. The molecule has 1 aliphatic rings. The summed E-state index contributed by atoms with van der Waals surface area (Å²) >= 11 is 0. The molecule has 2 amide bonds. The summed E-state index contributed by atoms with van der Waals surface area (Å²) in [6, 6.07) is 7.76. The van der Waals surface area contributed by atoms with Crippen molar-refractivity contribution in [3.05, 3.63) is 58.9 Å². The Morgan fingerprint density at radius 3 is 2.50 bits per heavy atom. The van der Waals surface area contributed by atoms with E-state index in [1.165, 1.54) is 23.2 Å². The molecule has 0 fully saturated rings. The van der Waals surface area contributed by atoms with E-state index in [2.05, 4.69) is 10.3 Å². The summed E-state index contributed by atoms with van der Waals surface area (Å²) in [6.07, 6.45) is 0.456. The number of fused-ring (bicyclic) bond motifs is 1. The summed E-state index contributed by atoms with van der Waals surface area (Å²) < 4.78 is 23.7. The molecule has 0 spiro atoms. The van der Waals surface area contributed by atoms with Gasteiger partial charge in [0.25, 0.3) is 5.91 Å². The molecule has 0 bridgehead atoms. The average Bonchev–Trinajstić information content (AvgIpc) is 3.11. The lowest BCUT2D eigenvalue weighted by atomic mass is 9.99. The average molecular weight is 432 g/mol. The minimum atomic E-state index is -3.26. The van der Waals surface area contributed by atoms with Crippen molar-refractivity contribution in [3.63, 3.8) is 0 Å². The van der Waals surface area contributed by atoms with Crippen molar-refractivity contribution in [2.75, 3.05) is 5.75 Å². The molecule has 8 nitrogen and oxygen atoms in total. The molecule has 0 saturated carbocycles. The molecule has 1 aromatic carbocycles. The van der Waals surface area contributed by atoms with Crippen molar-refractivity contribution >= 4 is 21.8 Å². The predicted molar refractivity (Wildman–Crippen MR) is 111 cm³/mol. The van der Waals surface area contributed by atoms with Crippen LogP contribution in [0.1, 0.15) is 54.0 Å². The molecular weight excluding hydrogens is 406 g/mol. The van der Waals surface area contributed by atoms with Crippen LogP contribution >= 0.6 is 0 Å². The first-order valence-electron chi connectivity index (χ1n) is 9.72. The Labute approximate surface area is 175 Å². The van der Waals surface area contributed by atoms with Gasteiger partial charge in [-0.15, -0.1) is 0 Å². The molecule has 1 unspecified atom stereocenters. The normalized spacial score (nSPS) is 15.9. The van der Waals surface area contributed by atoms with Crippen LogP contribution in [-0.4, -0.2) is 41.2 Å². The summed E-state index contributed by atoms with van der Waals surface area (Å²) in [7, 11) is -3.26. The second-order valence-electron chi connectivity index (χ2n) is 7.60. The fourth-order valence-electron chi connectivity index (χ4n) is 3.60. The standard InChI is InChI=1S/C21H25N3O5S/c1-4-30(28,29)17-7-5-14(6-8-17)10-23-20(25)15-9-16-12-24(21(26)27)19(13(2)3)18(16)22-11-15/h5-9,11,13,19H,4,10,12H2,1-3H3,(H,23,25)(H,26,27). The highest BCUT2D eigenvalue weighted by Gasteiger charge is 2.37. The summed E-state index contributed by atoms with van der Waals surface area (Å²) in [5, 5.41) is 12.2. The molecule has 9 heteroatoms. The van der Waals surface area contributed by atoms with E-state index in [9.17, 15) is 23.1 Å². The van der Waals surface area contributed by atoms with Gasteiger partial charge in [0, 0.05) is 12.7 Å². The second kappa shape index (κ2) is 8.43. The first kappa shape index (κ1) is 21.8. The zero-order chi connectivity index (χ0) is 22.1. The summed E-state index contributed by atoms with van der Waals surface area (Å²) in [5.74, 6) is -0.231. The van der Waals surface area contributed by atoms with E-state index in [1.807, 2.05) is 13.8 Å². The summed E-state index contributed by atoms with van der Waals surface area (Å²) in [5.41, 5.74) is 2.55. The Kier molecular flexibility index (Phi) is 6.12. The van der Waals surface area contributed by atoms with Crippen molar-refractivity contribution in [2.24, 2.45) is 5.92 Å². The zero-order valence-electron chi connectivity index (χ0n) is 17.1. The minimum absolute atomic E-state index is 0.0331. The van der Waals surface area contributed by atoms with Crippen LogP contribution in [0.3, 0.4) is 0 Å². The van der Waals surface area contributed by atoms with Crippen LogP contribution in [0.25, 0.3) is 0 Å². The van der Waals surface area contributed by atoms with Gasteiger partial charge in [0.1, 0.15) is 0 Å². The Balaban J connectivity index is 1.70. The third kappa shape index (κ3) is 4.30. The first-order valence-corrected chi connectivity index (χ1v) is 11.4. The number of carboxylic acid groups (broad SMARTS) is 1. The smallest absolute Gasteiger partial charge is 0.408 e. The van der Waals surface area contributed by atoms with E-state index in [1.54, 1.807) is 25.1 Å². The van der Waals surface area contributed by atoms with Crippen LogP contribution in [0.5, 0.6) is 0 Å². The van der Waals surface area contributed by atoms with Gasteiger partial charge in [0.05, 0.1) is 34.5 Å². The maximum Gasteiger partial charge on any atom is 0.408 e. The van der Waals surface area contributed by atoms with Crippen LogP contribution in [-0.2, 0) is 22.9 Å². The van der Waals surface area contributed by atoms with E-state index >= 15 is 0 Å².